The third-order valence-electron chi connectivity index (χ3n) is 5.37. The molecule has 0 saturated carbocycles. The van der Waals surface area contributed by atoms with Gasteiger partial charge < -0.3 is 34.3 Å². The van der Waals surface area contributed by atoms with Crippen LogP contribution in [0.3, 0.4) is 0 Å². The van der Waals surface area contributed by atoms with Crippen molar-refractivity contribution in [3.05, 3.63) is 53.6 Å². The fourth-order valence-corrected chi connectivity index (χ4v) is 3.71. The van der Waals surface area contributed by atoms with E-state index in [0.717, 1.165) is 5.56 Å². The van der Waals surface area contributed by atoms with Crippen LogP contribution in [0.25, 0.3) is 0 Å². The molecule has 9 heteroatoms. The monoisotopic (exact) mass is 460 g/mol. The van der Waals surface area contributed by atoms with Crippen molar-refractivity contribution in [2.75, 3.05) is 26.9 Å². The zero-order valence-electron chi connectivity index (χ0n) is 18.4. The topological polar surface area (TPSA) is 132 Å². The summed E-state index contributed by atoms with van der Waals surface area (Å²) < 4.78 is 22.0. The van der Waals surface area contributed by atoms with Crippen molar-refractivity contribution in [3.63, 3.8) is 0 Å². The van der Waals surface area contributed by atoms with Gasteiger partial charge in [0.25, 0.3) is 0 Å². The molecule has 3 rings (SSSR count). The van der Waals surface area contributed by atoms with Crippen molar-refractivity contribution in [2.45, 2.75) is 37.4 Å². The summed E-state index contributed by atoms with van der Waals surface area (Å²) in [5, 5.41) is 28.7. The van der Waals surface area contributed by atoms with E-state index >= 15 is 0 Å². The normalized spacial score (nSPS) is 18.5. The van der Waals surface area contributed by atoms with E-state index in [4.69, 9.17) is 24.1 Å². The van der Waals surface area contributed by atoms with E-state index in [1.807, 2.05) is 6.07 Å². The predicted molar refractivity (Wildman–Crippen MR) is 117 cm³/mol. The van der Waals surface area contributed by atoms with E-state index in [2.05, 4.69) is 0 Å². The fraction of sp³-hybridized carbons (Fsp3) is 0.417. The average molecular weight is 460 g/mol. The van der Waals surface area contributed by atoms with Crippen LogP contribution in [0.5, 0.6) is 17.2 Å². The van der Waals surface area contributed by atoms with E-state index in [1.165, 1.54) is 7.11 Å². The van der Waals surface area contributed by atoms with Gasteiger partial charge in [0, 0.05) is 24.7 Å². The molecule has 0 amide bonds. The molecule has 1 saturated heterocycles. The number of hydrogen-bond donors (Lipinski definition) is 3. The molecule has 1 aliphatic heterocycles. The third kappa shape index (κ3) is 6.59. The number of carbonyl (C=O) groups is 2. The molecule has 2 atom stereocenters. The average Bonchev–Trinajstić information content (AvgIpc) is 3.27. The van der Waals surface area contributed by atoms with Gasteiger partial charge in [0.05, 0.1) is 13.5 Å². The highest BCUT2D eigenvalue weighted by molar-refractivity contribution is 5.78. The van der Waals surface area contributed by atoms with E-state index in [1.54, 1.807) is 36.4 Å². The van der Waals surface area contributed by atoms with Gasteiger partial charge in [-0.15, -0.1) is 0 Å². The summed E-state index contributed by atoms with van der Waals surface area (Å²) >= 11 is 0. The highest BCUT2D eigenvalue weighted by atomic mass is 16.5. The Kier molecular flexibility index (Phi) is 8.13. The summed E-state index contributed by atoms with van der Waals surface area (Å²) in [5.41, 5.74) is 0.0948. The van der Waals surface area contributed by atoms with Gasteiger partial charge in [0.15, 0.2) is 5.60 Å². The second kappa shape index (κ2) is 11.0. The minimum Gasteiger partial charge on any atom is -0.496 e. The second-order valence-electron chi connectivity index (χ2n) is 7.90. The molecule has 9 nitrogen and oxygen atoms in total. The van der Waals surface area contributed by atoms with Crippen molar-refractivity contribution in [1.29, 1.82) is 0 Å². The van der Waals surface area contributed by atoms with Crippen LogP contribution in [-0.4, -0.2) is 65.9 Å². The Labute approximate surface area is 191 Å². The molecule has 33 heavy (non-hydrogen) atoms. The Morgan fingerprint density at radius 2 is 1.82 bits per heavy atom. The number of hydrogen-bond acceptors (Lipinski definition) is 7. The Hall–Kier alpha value is -3.30. The van der Waals surface area contributed by atoms with Crippen LogP contribution in [0.1, 0.15) is 24.0 Å². The number of aliphatic hydroxyl groups excluding tert-OH is 1. The lowest BCUT2D eigenvalue weighted by atomic mass is 9.91. The number of carboxylic acids is 2. The molecule has 2 aromatic rings. The molecular weight excluding hydrogens is 432 g/mol. The number of rotatable bonds is 12. The zero-order chi connectivity index (χ0) is 23.8. The lowest BCUT2D eigenvalue weighted by Gasteiger charge is -2.23. The van der Waals surface area contributed by atoms with Crippen molar-refractivity contribution in [3.8, 4) is 17.2 Å². The molecule has 0 spiro atoms. The van der Waals surface area contributed by atoms with Crippen LogP contribution < -0.4 is 14.2 Å². The summed E-state index contributed by atoms with van der Waals surface area (Å²) in [6.45, 7) is 0.359. The van der Waals surface area contributed by atoms with E-state index in [0.29, 0.717) is 42.3 Å². The molecular formula is C24H28O9. The summed E-state index contributed by atoms with van der Waals surface area (Å²) in [7, 11) is 1.44. The van der Waals surface area contributed by atoms with Crippen molar-refractivity contribution >= 4 is 11.9 Å². The molecule has 0 aromatic heterocycles. The number of carboxylic acid groups (broad SMARTS) is 2. The molecule has 2 unspecified atom stereocenters. The Bertz CT molecular complexity index is 966. The predicted octanol–water partition coefficient (Wildman–Crippen LogP) is 2.32. The van der Waals surface area contributed by atoms with Gasteiger partial charge in [-0.3, -0.25) is 4.79 Å². The first-order valence-corrected chi connectivity index (χ1v) is 10.6. The van der Waals surface area contributed by atoms with Gasteiger partial charge >= 0.3 is 11.9 Å². The summed E-state index contributed by atoms with van der Waals surface area (Å²) in [6.07, 6.45) is 0.319. The van der Waals surface area contributed by atoms with Crippen molar-refractivity contribution < 1.29 is 43.9 Å². The minimum atomic E-state index is -1.20. The Balaban J connectivity index is 1.52. The first-order valence-electron chi connectivity index (χ1n) is 10.6. The molecule has 0 bridgehead atoms. The number of aliphatic hydroxyl groups is 1. The van der Waals surface area contributed by atoms with Crippen LogP contribution in [0.15, 0.2) is 42.5 Å². The SMILES string of the molecule is COc1cc(OCC(O)COc2cccc(CC3(C(=O)O)CCCO3)c2)ccc1CC(=O)O. The van der Waals surface area contributed by atoms with Crippen LogP contribution in [-0.2, 0) is 27.2 Å². The van der Waals surface area contributed by atoms with Gasteiger partial charge in [0.2, 0.25) is 0 Å². The van der Waals surface area contributed by atoms with Gasteiger partial charge in [-0.05, 0) is 36.6 Å². The van der Waals surface area contributed by atoms with Gasteiger partial charge in [-0.2, -0.15) is 0 Å². The molecule has 178 valence electrons. The van der Waals surface area contributed by atoms with E-state index < -0.39 is 23.6 Å². The largest absolute Gasteiger partial charge is 0.496 e. The van der Waals surface area contributed by atoms with Gasteiger partial charge in [0.1, 0.15) is 36.6 Å². The summed E-state index contributed by atoms with van der Waals surface area (Å²) in [4.78, 5) is 22.6. The number of methoxy groups -OCH3 is 1. The maximum atomic E-state index is 11.7. The summed E-state index contributed by atoms with van der Waals surface area (Å²) in [6, 6.07) is 11.8. The first kappa shape index (κ1) is 24.3. The molecule has 1 aliphatic rings. The van der Waals surface area contributed by atoms with Gasteiger partial charge in [-0.1, -0.05) is 18.2 Å². The smallest absolute Gasteiger partial charge is 0.336 e. The Morgan fingerprint density at radius 3 is 2.42 bits per heavy atom. The highest BCUT2D eigenvalue weighted by Gasteiger charge is 2.42. The third-order valence-corrected chi connectivity index (χ3v) is 5.37. The van der Waals surface area contributed by atoms with Crippen LogP contribution in [0.2, 0.25) is 0 Å². The summed E-state index contributed by atoms with van der Waals surface area (Å²) in [5.74, 6) is -0.607. The molecule has 3 N–H and O–H groups in total. The lowest BCUT2D eigenvalue weighted by molar-refractivity contribution is -0.159. The molecule has 0 aliphatic carbocycles. The number of aliphatic carboxylic acids is 2. The quantitative estimate of drug-likeness (QED) is 0.436. The maximum Gasteiger partial charge on any atom is 0.336 e. The fourth-order valence-electron chi connectivity index (χ4n) is 3.71. The van der Waals surface area contributed by atoms with E-state index in [9.17, 15) is 19.8 Å². The molecule has 2 aromatic carbocycles. The van der Waals surface area contributed by atoms with Crippen LogP contribution in [0, 0.1) is 0 Å². The minimum absolute atomic E-state index is 0.0295. The Morgan fingerprint density at radius 1 is 1.09 bits per heavy atom. The maximum absolute atomic E-state index is 11.7. The molecule has 1 fully saturated rings. The van der Waals surface area contributed by atoms with Crippen molar-refractivity contribution in [1.82, 2.24) is 0 Å². The van der Waals surface area contributed by atoms with Crippen LogP contribution in [0.4, 0.5) is 0 Å². The van der Waals surface area contributed by atoms with E-state index in [-0.39, 0.29) is 26.1 Å². The van der Waals surface area contributed by atoms with Gasteiger partial charge in [-0.25, -0.2) is 4.79 Å². The zero-order valence-corrected chi connectivity index (χ0v) is 18.4. The molecule has 0 radical (unpaired) electrons. The second-order valence-corrected chi connectivity index (χ2v) is 7.90. The standard InChI is InChI=1S/C24H28O9/c1-30-21-12-20(7-6-17(21)11-22(26)27)32-15-18(25)14-31-19-5-2-4-16(10-19)13-24(23(28)29)8-3-9-33-24/h2,4-7,10,12,18,25H,3,8-9,11,13-15H2,1H3,(H,26,27)(H,28,29). The first-order chi connectivity index (χ1) is 15.8. The van der Waals surface area contributed by atoms with Crippen molar-refractivity contribution in [2.24, 2.45) is 0 Å². The highest BCUT2D eigenvalue weighted by Crippen LogP contribution is 2.31. The number of benzene rings is 2. The van der Waals surface area contributed by atoms with Crippen LogP contribution >= 0.6 is 0 Å². The number of ether oxygens (including phenoxy) is 4. The molecule has 1 heterocycles. The lowest BCUT2D eigenvalue weighted by Crippen LogP contribution is -2.40.